The number of hydrogen-bond donors (Lipinski definition) is 1. The van der Waals surface area contributed by atoms with Crippen LogP contribution in [0.4, 0.5) is 10.1 Å². The summed E-state index contributed by atoms with van der Waals surface area (Å²) in [5, 5.41) is 16.2. The molecule has 158 valence electrons. The molecule has 0 atom stereocenters. The van der Waals surface area contributed by atoms with Crippen LogP contribution in [0.1, 0.15) is 12.8 Å². The first kappa shape index (κ1) is 20.4. The Bertz CT molecular complexity index is 1170. The number of nitro benzene ring substituents is 1. The first-order valence-corrected chi connectivity index (χ1v) is 10.9. The molecule has 0 aliphatic carbocycles. The zero-order valence-electron chi connectivity index (χ0n) is 15.9. The van der Waals surface area contributed by atoms with E-state index >= 15 is 0 Å². The van der Waals surface area contributed by atoms with Crippen LogP contribution in [-0.4, -0.2) is 47.2 Å². The molecule has 1 saturated heterocycles. The third-order valence-electron chi connectivity index (χ3n) is 5.21. The summed E-state index contributed by atoms with van der Waals surface area (Å²) in [6, 6.07) is 9.15. The molecule has 4 rings (SSSR count). The van der Waals surface area contributed by atoms with Crippen molar-refractivity contribution in [2.24, 2.45) is 0 Å². The Morgan fingerprint density at radius 2 is 1.87 bits per heavy atom. The molecule has 30 heavy (non-hydrogen) atoms. The fourth-order valence-electron chi connectivity index (χ4n) is 3.57. The van der Waals surface area contributed by atoms with Crippen LogP contribution in [0.5, 0.6) is 0 Å². The second-order valence-electron chi connectivity index (χ2n) is 7.25. The molecule has 1 fully saturated rings. The number of rotatable bonds is 6. The second kappa shape index (κ2) is 8.09. The quantitative estimate of drug-likeness (QED) is 0.472. The minimum Gasteiger partial charge on any atom is -0.284 e. The van der Waals surface area contributed by atoms with Crippen LogP contribution < -0.4 is 4.72 Å². The molecule has 2 aromatic carbocycles. The second-order valence-corrected chi connectivity index (χ2v) is 8.97. The smallest absolute Gasteiger partial charge is 0.271 e. The highest BCUT2D eigenvalue weighted by Crippen LogP contribution is 2.22. The Morgan fingerprint density at radius 1 is 1.17 bits per heavy atom. The summed E-state index contributed by atoms with van der Waals surface area (Å²) in [7, 11) is -3.70. The van der Waals surface area contributed by atoms with Crippen molar-refractivity contribution < 1.29 is 17.7 Å². The molecule has 1 aromatic heterocycles. The summed E-state index contributed by atoms with van der Waals surface area (Å²) in [5.41, 5.74) is 0.696. The molecule has 0 radical (unpaired) electrons. The molecule has 0 bridgehead atoms. The molecule has 11 heteroatoms. The van der Waals surface area contributed by atoms with Gasteiger partial charge in [-0.05, 0) is 43.2 Å². The lowest BCUT2D eigenvalue weighted by Gasteiger charge is -2.32. The Labute approximate surface area is 172 Å². The van der Waals surface area contributed by atoms with Crippen molar-refractivity contribution in [3.05, 3.63) is 64.6 Å². The van der Waals surface area contributed by atoms with Crippen LogP contribution in [0, 0.1) is 15.9 Å². The van der Waals surface area contributed by atoms with Gasteiger partial charge in [0.1, 0.15) is 5.82 Å². The van der Waals surface area contributed by atoms with Crippen molar-refractivity contribution in [1.82, 2.24) is 19.4 Å². The third-order valence-corrected chi connectivity index (χ3v) is 6.74. The van der Waals surface area contributed by atoms with E-state index in [0.717, 1.165) is 17.5 Å². The topological polar surface area (TPSA) is 110 Å². The number of hydrogen-bond acceptors (Lipinski definition) is 6. The molecule has 9 nitrogen and oxygen atoms in total. The fourth-order valence-corrected chi connectivity index (χ4v) is 4.87. The van der Waals surface area contributed by atoms with E-state index in [1.54, 1.807) is 16.9 Å². The lowest BCUT2D eigenvalue weighted by molar-refractivity contribution is -0.384. The van der Waals surface area contributed by atoms with Crippen molar-refractivity contribution in [3.63, 3.8) is 0 Å². The number of aromatic nitrogens is 2. The summed E-state index contributed by atoms with van der Waals surface area (Å²) >= 11 is 0. The van der Waals surface area contributed by atoms with Gasteiger partial charge in [0.05, 0.1) is 28.2 Å². The lowest BCUT2D eigenvalue weighted by Crippen LogP contribution is -2.45. The van der Waals surface area contributed by atoms with Gasteiger partial charge in [0.15, 0.2) is 0 Å². The number of likely N-dealkylation sites (tertiary alicyclic amines) is 1. The normalized spacial score (nSPS) is 16.2. The highest BCUT2D eigenvalue weighted by molar-refractivity contribution is 7.89. The van der Waals surface area contributed by atoms with Crippen molar-refractivity contribution in [1.29, 1.82) is 0 Å². The maximum absolute atomic E-state index is 13.0. The first-order valence-electron chi connectivity index (χ1n) is 9.42. The maximum atomic E-state index is 13.0. The van der Waals surface area contributed by atoms with Gasteiger partial charge in [0, 0.05) is 36.7 Å². The first-order chi connectivity index (χ1) is 14.3. The minimum atomic E-state index is -3.70. The highest BCUT2D eigenvalue weighted by atomic mass is 32.2. The number of benzene rings is 2. The van der Waals surface area contributed by atoms with E-state index in [2.05, 4.69) is 14.7 Å². The summed E-state index contributed by atoms with van der Waals surface area (Å²) in [6.07, 6.45) is 2.89. The van der Waals surface area contributed by atoms with E-state index in [1.807, 2.05) is 0 Å². The van der Waals surface area contributed by atoms with Crippen LogP contribution in [0.25, 0.3) is 10.9 Å². The van der Waals surface area contributed by atoms with Crippen LogP contribution >= 0.6 is 0 Å². The number of nitrogens with zero attached hydrogens (tertiary/aromatic N) is 4. The van der Waals surface area contributed by atoms with Crippen LogP contribution in [0.3, 0.4) is 0 Å². The number of sulfonamides is 1. The lowest BCUT2D eigenvalue weighted by atomic mass is 10.1. The molecule has 1 aliphatic rings. The molecular formula is C19H20FN5O4S. The number of non-ortho nitro benzene ring substituents is 1. The molecule has 0 amide bonds. The molecule has 1 aliphatic heterocycles. The van der Waals surface area contributed by atoms with Crippen molar-refractivity contribution in [3.8, 4) is 0 Å². The van der Waals surface area contributed by atoms with Crippen LogP contribution in [0.2, 0.25) is 0 Å². The zero-order chi connectivity index (χ0) is 21.3. The Morgan fingerprint density at radius 3 is 2.53 bits per heavy atom. The zero-order valence-corrected chi connectivity index (χ0v) is 16.8. The number of halogens is 1. The number of nitro groups is 1. The van der Waals surface area contributed by atoms with Gasteiger partial charge < -0.3 is 0 Å². The van der Waals surface area contributed by atoms with Gasteiger partial charge in [-0.25, -0.2) is 17.5 Å². The standard InChI is InChI=1S/C19H20FN5O4S/c20-15-2-5-18(6-3-15)30(28,29)22-16-7-9-23(10-8-16)13-24-19-11-17(25(26)27)4-1-14(19)12-21-24/h1-6,11-12,16,22H,7-10,13H2. The van der Waals surface area contributed by atoms with E-state index in [1.165, 1.54) is 24.3 Å². The SMILES string of the molecule is O=[N+]([O-])c1ccc2cnn(CN3CCC(NS(=O)(=O)c4ccc(F)cc4)CC3)c2c1. The predicted molar refractivity (Wildman–Crippen MR) is 108 cm³/mol. The van der Waals surface area contributed by atoms with Crippen LogP contribution in [-0.2, 0) is 16.7 Å². The monoisotopic (exact) mass is 433 g/mol. The minimum absolute atomic E-state index is 0.0122. The highest BCUT2D eigenvalue weighted by Gasteiger charge is 2.25. The maximum Gasteiger partial charge on any atom is 0.271 e. The number of fused-ring (bicyclic) bond motifs is 1. The van der Waals surface area contributed by atoms with E-state index in [9.17, 15) is 22.9 Å². The third kappa shape index (κ3) is 4.32. The van der Waals surface area contributed by atoms with E-state index in [4.69, 9.17) is 0 Å². The van der Waals surface area contributed by atoms with E-state index in [-0.39, 0.29) is 16.6 Å². The Balaban J connectivity index is 1.38. The average Bonchev–Trinajstić information content (AvgIpc) is 3.11. The number of piperidine rings is 1. The molecule has 2 heterocycles. The van der Waals surface area contributed by atoms with Gasteiger partial charge in [-0.3, -0.25) is 19.7 Å². The summed E-state index contributed by atoms with van der Waals surface area (Å²) in [4.78, 5) is 12.7. The number of nitrogens with one attached hydrogen (secondary N) is 1. The van der Waals surface area contributed by atoms with Crippen LogP contribution in [0.15, 0.2) is 53.6 Å². The van der Waals surface area contributed by atoms with Crippen molar-refractivity contribution >= 4 is 26.6 Å². The molecule has 1 N–H and O–H groups in total. The predicted octanol–water partition coefficient (Wildman–Crippen LogP) is 2.48. The van der Waals surface area contributed by atoms with E-state index < -0.39 is 20.8 Å². The Kier molecular flexibility index (Phi) is 5.50. The molecule has 0 unspecified atom stereocenters. The molecule has 0 spiro atoms. The molecule has 0 saturated carbocycles. The average molecular weight is 433 g/mol. The largest absolute Gasteiger partial charge is 0.284 e. The van der Waals surface area contributed by atoms with Gasteiger partial charge in [0.25, 0.3) is 5.69 Å². The molecule has 3 aromatic rings. The summed E-state index contributed by atoms with van der Waals surface area (Å²) < 4.78 is 42.4. The van der Waals surface area contributed by atoms with Gasteiger partial charge in [-0.2, -0.15) is 5.10 Å². The fraction of sp³-hybridized carbons (Fsp3) is 0.316. The summed E-state index contributed by atoms with van der Waals surface area (Å²) in [6.45, 7) is 1.75. The van der Waals surface area contributed by atoms with Gasteiger partial charge in [0.2, 0.25) is 10.0 Å². The van der Waals surface area contributed by atoms with Crippen molar-refractivity contribution in [2.75, 3.05) is 13.1 Å². The van der Waals surface area contributed by atoms with Gasteiger partial charge in [-0.1, -0.05) is 0 Å². The summed E-state index contributed by atoms with van der Waals surface area (Å²) in [5.74, 6) is -0.487. The Hall–Kier alpha value is -2.89. The van der Waals surface area contributed by atoms with Gasteiger partial charge >= 0.3 is 0 Å². The van der Waals surface area contributed by atoms with E-state index in [0.29, 0.717) is 38.1 Å². The van der Waals surface area contributed by atoms with Gasteiger partial charge in [-0.15, -0.1) is 0 Å². The van der Waals surface area contributed by atoms with Crippen molar-refractivity contribution in [2.45, 2.75) is 30.4 Å². The molecular weight excluding hydrogens is 413 g/mol.